The van der Waals surface area contributed by atoms with E-state index in [-0.39, 0.29) is 18.5 Å². The summed E-state index contributed by atoms with van der Waals surface area (Å²) in [5.74, 6) is 0.731. The van der Waals surface area contributed by atoms with Crippen LogP contribution in [0.25, 0.3) is 11.3 Å². The van der Waals surface area contributed by atoms with Gasteiger partial charge in [-0.2, -0.15) is 4.98 Å². The number of rotatable bonds is 7. The van der Waals surface area contributed by atoms with Crippen molar-refractivity contribution in [2.45, 2.75) is 19.5 Å². The van der Waals surface area contributed by atoms with Crippen molar-refractivity contribution in [3.63, 3.8) is 0 Å². The van der Waals surface area contributed by atoms with E-state index >= 15 is 0 Å². The first kappa shape index (κ1) is 17.8. The van der Waals surface area contributed by atoms with Gasteiger partial charge in [-0.15, -0.1) is 0 Å². The van der Waals surface area contributed by atoms with E-state index in [4.69, 9.17) is 0 Å². The summed E-state index contributed by atoms with van der Waals surface area (Å²) in [4.78, 5) is 12.9. The third-order valence-electron chi connectivity index (χ3n) is 3.71. The summed E-state index contributed by atoms with van der Waals surface area (Å²) < 4.78 is 13.3. The lowest BCUT2D eigenvalue weighted by molar-refractivity contribution is 0.281. The highest BCUT2D eigenvalue weighted by Gasteiger charge is 2.09. The number of halogens is 1. The fourth-order valence-electron chi connectivity index (χ4n) is 2.38. The predicted molar refractivity (Wildman–Crippen MR) is 99.2 cm³/mol. The zero-order chi connectivity index (χ0) is 18.4. The number of benzene rings is 1. The second-order valence-corrected chi connectivity index (χ2v) is 5.91. The van der Waals surface area contributed by atoms with E-state index in [1.165, 1.54) is 12.1 Å². The Kier molecular flexibility index (Phi) is 5.70. The Labute approximate surface area is 151 Å². The van der Waals surface area contributed by atoms with Crippen LogP contribution in [0.4, 0.5) is 16.2 Å². The quantitative estimate of drug-likeness (QED) is 0.605. The molecular weight excluding hydrogens is 333 g/mol. The summed E-state index contributed by atoms with van der Waals surface area (Å²) in [6.45, 7) is 2.23. The zero-order valence-electron chi connectivity index (χ0n) is 14.4. The van der Waals surface area contributed by atoms with Gasteiger partial charge in [-0.3, -0.25) is 4.98 Å². The number of nitrogens with one attached hydrogen (secondary N) is 2. The third kappa shape index (κ3) is 4.73. The largest absolute Gasteiger partial charge is 0.394 e. The molecule has 0 fully saturated rings. The molecule has 0 aliphatic rings. The van der Waals surface area contributed by atoms with Crippen molar-refractivity contribution in [2.75, 3.05) is 17.2 Å². The van der Waals surface area contributed by atoms with E-state index in [1.807, 2.05) is 31.2 Å². The lowest BCUT2D eigenvalue weighted by Crippen LogP contribution is -2.21. The molecule has 0 amide bonds. The van der Waals surface area contributed by atoms with Crippen LogP contribution in [0.15, 0.2) is 54.9 Å². The number of aliphatic hydroxyl groups is 1. The topological polar surface area (TPSA) is 83.0 Å². The van der Waals surface area contributed by atoms with Gasteiger partial charge >= 0.3 is 0 Å². The Morgan fingerprint density at radius 1 is 1.12 bits per heavy atom. The second-order valence-electron chi connectivity index (χ2n) is 5.91. The molecule has 0 aliphatic heterocycles. The molecule has 3 N–H and O–H groups in total. The molecule has 0 radical (unpaired) electrons. The highest BCUT2D eigenvalue weighted by molar-refractivity contribution is 5.64. The predicted octanol–water partition coefficient (Wildman–Crippen LogP) is 3.08. The van der Waals surface area contributed by atoms with Gasteiger partial charge in [0, 0.05) is 36.6 Å². The minimum absolute atomic E-state index is 0.0328. The van der Waals surface area contributed by atoms with Gasteiger partial charge in [0.1, 0.15) is 11.6 Å². The minimum atomic E-state index is -0.274. The summed E-state index contributed by atoms with van der Waals surface area (Å²) in [5, 5.41) is 15.5. The molecule has 0 aliphatic carbocycles. The molecule has 1 atom stereocenters. The molecule has 0 saturated carbocycles. The Morgan fingerprint density at radius 3 is 2.65 bits per heavy atom. The highest BCUT2D eigenvalue weighted by Crippen LogP contribution is 2.21. The smallest absolute Gasteiger partial charge is 0.225 e. The average Bonchev–Trinajstić information content (AvgIpc) is 2.67. The van der Waals surface area contributed by atoms with Crippen LogP contribution < -0.4 is 10.6 Å². The fraction of sp³-hybridized carbons (Fsp3) is 0.211. The molecular formula is C19H20FN5O. The monoisotopic (exact) mass is 353 g/mol. The van der Waals surface area contributed by atoms with Gasteiger partial charge in [-0.05, 0) is 36.8 Å². The Morgan fingerprint density at radius 2 is 1.92 bits per heavy atom. The van der Waals surface area contributed by atoms with Gasteiger partial charge in [0.25, 0.3) is 0 Å². The van der Waals surface area contributed by atoms with Crippen LogP contribution in [0.2, 0.25) is 0 Å². The van der Waals surface area contributed by atoms with Gasteiger partial charge in [0.05, 0.1) is 12.3 Å². The van der Waals surface area contributed by atoms with Gasteiger partial charge < -0.3 is 15.7 Å². The standard InChI is InChI=1S/C19H20FN5O/c1-13(12-26)23-19-24-17(15-5-7-21-8-6-15)10-18(25-19)22-11-14-3-2-4-16(20)9-14/h2-10,13,26H,11-12H2,1H3,(H2,22,23,24,25)/t13-/m0/s1. The van der Waals surface area contributed by atoms with Crippen LogP contribution in [-0.2, 0) is 6.54 Å². The normalized spacial score (nSPS) is 11.8. The van der Waals surface area contributed by atoms with Gasteiger partial charge in [0.15, 0.2) is 0 Å². The van der Waals surface area contributed by atoms with Crippen LogP contribution in [0, 0.1) is 5.82 Å². The molecule has 1 aromatic carbocycles. The molecule has 0 unspecified atom stereocenters. The first-order valence-corrected chi connectivity index (χ1v) is 8.29. The van der Waals surface area contributed by atoms with E-state index < -0.39 is 0 Å². The van der Waals surface area contributed by atoms with Crippen molar-refractivity contribution in [1.82, 2.24) is 15.0 Å². The van der Waals surface area contributed by atoms with Crippen LogP contribution in [-0.4, -0.2) is 32.7 Å². The van der Waals surface area contributed by atoms with E-state index in [0.717, 1.165) is 16.8 Å². The van der Waals surface area contributed by atoms with Crippen molar-refractivity contribution in [1.29, 1.82) is 0 Å². The van der Waals surface area contributed by atoms with Gasteiger partial charge in [-0.1, -0.05) is 12.1 Å². The molecule has 3 rings (SSSR count). The molecule has 134 valence electrons. The second kappa shape index (κ2) is 8.35. The maximum atomic E-state index is 13.3. The minimum Gasteiger partial charge on any atom is -0.394 e. The molecule has 0 spiro atoms. The molecule has 2 heterocycles. The third-order valence-corrected chi connectivity index (χ3v) is 3.71. The lowest BCUT2D eigenvalue weighted by atomic mass is 10.2. The first-order valence-electron chi connectivity index (χ1n) is 8.29. The van der Waals surface area contributed by atoms with Crippen LogP contribution in [0.3, 0.4) is 0 Å². The van der Waals surface area contributed by atoms with E-state index in [1.54, 1.807) is 18.5 Å². The van der Waals surface area contributed by atoms with Gasteiger partial charge in [0.2, 0.25) is 5.95 Å². The van der Waals surface area contributed by atoms with Crippen LogP contribution >= 0.6 is 0 Å². The van der Waals surface area contributed by atoms with Crippen molar-refractivity contribution in [2.24, 2.45) is 0 Å². The van der Waals surface area contributed by atoms with E-state index in [2.05, 4.69) is 25.6 Å². The first-order chi connectivity index (χ1) is 12.6. The van der Waals surface area contributed by atoms with E-state index in [0.29, 0.717) is 18.3 Å². The van der Waals surface area contributed by atoms with Crippen molar-refractivity contribution in [3.8, 4) is 11.3 Å². The van der Waals surface area contributed by atoms with Gasteiger partial charge in [-0.25, -0.2) is 9.37 Å². The Balaban J connectivity index is 1.86. The lowest BCUT2D eigenvalue weighted by Gasteiger charge is -2.14. The molecule has 26 heavy (non-hydrogen) atoms. The maximum Gasteiger partial charge on any atom is 0.225 e. The molecule has 7 heteroatoms. The number of pyridine rings is 1. The van der Waals surface area contributed by atoms with Crippen molar-refractivity contribution < 1.29 is 9.50 Å². The van der Waals surface area contributed by atoms with Crippen LogP contribution in [0.5, 0.6) is 0 Å². The molecule has 2 aromatic heterocycles. The number of nitrogens with zero attached hydrogens (tertiary/aromatic N) is 3. The zero-order valence-corrected chi connectivity index (χ0v) is 14.4. The van der Waals surface area contributed by atoms with Crippen LogP contribution in [0.1, 0.15) is 12.5 Å². The fourth-order valence-corrected chi connectivity index (χ4v) is 2.38. The maximum absolute atomic E-state index is 13.3. The summed E-state index contributed by atoms with van der Waals surface area (Å²) in [7, 11) is 0. The number of hydrogen-bond acceptors (Lipinski definition) is 6. The molecule has 3 aromatic rings. The molecule has 6 nitrogen and oxygen atoms in total. The van der Waals surface area contributed by atoms with Crippen molar-refractivity contribution in [3.05, 3.63) is 66.2 Å². The summed E-state index contributed by atoms with van der Waals surface area (Å²) in [6.07, 6.45) is 3.39. The highest BCUT2D eigenvalue weighted by atomic mass is 19.1. The average molecular weight is 353 g/mol. The molecule has 0 saturated heterocycles. The summed E-state index contributed by atoms with van der Waals surface area (Å²) in [6, 6.07) is 11.8. The number of anilines is 2. The Hall–Kier alpha value is -3.06. The van der Waals surface area contributed by atoms with E-state index in [9.17, 15) is 9.50 Å². The Bertz CT molecular complexity index is 860. The number of aliphatic hydroxyl groups excluding tert-OH is 1. The number of hydrogen-bond donors (Lipinski definition) is 3. The SMILES string of the molecule is C[C@@H](CO)Nc1nc(NCc2cccc(F)c2)cc(-c2ccncc2)n1. The molecule has 0 bridgehead atoms. The summed E-state index contributed by atoms with van der Waals surface area (Å²) in [5.41, 5.74) is 2.43. The number of aromatic nitrogens is 3. The van der Waals surface area contributed by atoms with Crippen molar-refractivity contribution >= 4 is 11.8 Å². The summed E-state index contributed by atoms with van der Waals surface area (Å²) >= 11 is 0.